The van der Waals surface area contributed by atoms with Crippen molar-refractivity contribution in [1.82, 2.24) is 4.90 Å². The number of benzene rings is 2. The van der Waals surface area contributed by atoms with Crippen LogP contribution in [0.3, 0.4) is 0 Å². The third-order valence-electron chi connectivity index (χ3n) is 4.38. The number of hydrogen-bond donors (Lipinski definition) is 2. The van der Waals surface area contributed by atoms with E-state index in [2.05, 4.69) is 0 Å². The highest BCUT2D eigenvalue weighted by atomic mass is 35.5. The number of aliphatic hydroxyl groups excluding tert-OH is 1. The predicted octanol–water partition coefficient (Wildman–Crippen LogP) is 2.75. The Kier molecular flexibility index (Phi) is 5.33. The molecule has 0 spiro atoms. The topological polar surface area (TPSA) is 138 Å². The van der Waals surface area contributed by atoms with Crippen LogP contribution in [0, 0.1) is 10.1 Å². The highest BCUT2D eigenvalue weighted by Crippen LogP contribution is 2.39. The number of carboxylic acids is 1. The van der Waals surface area contributed by atoms with Crippen molar-refractivity contribution in [3.05, 3.63) is 80.4 Å². The number of halogens is 1. The van der Waals surface area contributed by atoms with Gasteiger partial charge in [-0.3, -0.25) is 24.5 Å². The molecule has 1 saturated heterocycles. The van der Waals surface area contributed by atoms with Crippen molar-refractivity contribution in [1.29, 1.82) is 0 Å². The first kappa shape index (κ1) is 20.0. The largest absolute Gasteiger partial charge is 0.507 e. The molecule has 1 unspecified atom stereocenters. The second kappa shape index (κ2) is 7.72. The van der Waals surface area contributed by atoms with E-state index >= 15 is 0 Å². The molecule has 2 aromatic rings. The van der Waals surface area contributed by atoms with Gasteiger partial charge in [-0.15, -0.1) is 0 Å². The van der Waals surface area contributed by atoms with Gasteiger partial charge in [0, 0.05) is 22.7 Å². The number of amides is 1. The Bertz CT molecular complexity index is 1050. The maximum Gasteiger partial charge on any atom is 0.323 e. The van der Waals surface area contributed by atoms with Crippen LogP contribution in [0.1, 0.15) is 17.2 Å². The van der Waals surface area contributed by atoms with E-state index in [0.717, 1.165) is 17.0 Å². The summed E-state index contributed by atoms with van der Waals surface area (Å²) in [7, 11) is 0. The van der Waals surface area contributed by atoms with Crippen molar-refractivity contribution in [2.75, 3.05) is 6.54 Å². The first-order valence-corrected chi connectivity index (χ1v) is 8.59. The second-order valence-corrected chi connectivity index (χ2v) is 6.61. The zero-order chi connectivity index (χ0) is 21.3. The van der Waals surface area contributed by atoms with Crippen LogP contribution < -0.4 is 0 Å². The summed E-state index contributed by atoms with van der Waals surface area (Å²) in [5.74, 6) is -4.02. The minimum Gasteiger partial charge on any atom is -0.507 e. The number of nitrogens with zero attached hydrogens (tertiary/aromatic N) is 2. The maximum atomic E-state index is 12.6. The van der Waals surface area contributed by atoms with Crippen LogP contribution >= 0.6 is 11.6 Å². The molecule has 148 valence electrons. The number of carboxylic acid groups (broad SMARTS) is 1. The van der Waals surface area contributed by atoms with Gasteiger partial charge in [-0.1, -0.05) is 23.7 Å². The Labute approximate surface area is 168 Å². The molecular weight excluding hydrogens is 404 g/mol. The Morgan fingerprint density at radius 1 is 1.07 bits per heavy atom. The minimum atomic E-state index is -1.33. The molecule has 0 bridgehead atoms. The number of aliphatic carboxylic acids is 1. The lowest BCUT2D eigenvalue weighted by atomic mass is 9.95. The van der Waals surface area contributed by atoms with E-state index in [1.807, 2.05) is 0 Å². The predicted molar refractivity (Wildman–Crippen MR) is 101 cm³/mol. The lowest BCUT2D eigenvalue weighted by molar-refractivity contribution is -0.384. The molecule has 10 heteroatoms. The fourth-order valence-corrected chi connectivity index (χ4v) is 3.20. The summed E-state index contributed by atoms with van der Waals surface area (Å²) >= 11 is 5.87. The fraction of sp³-hybridized carbons (Fsp3) is 0.105. The molecule has 29 heavy (non-hydrogen) atoms. The summed E-state index contributed by atoms with van der Waals surface area (Å²) in [5.41, 5.74) is -0.0873. The van der Waals surface area contributed by atoms with Crippen LogP contribution in [0.4, 0.5) is 5.69 Å². The van der Waals surface area contributed by atoms with Crippen LogP contribution in [0.25, 0.3) is 5.76 Å². The van der Waals surface area contributed by atoms with Crippen LogP contribution in [0.15, 0.2) is 54.1 Å². The monoisotopic (exact) mass is 416 g/mol. The van der Waals surface area contributed by atoms with Crippen molar-refractivity contribution in [3.8, 4) is 0 Å². The smallest absolute Gasteiger partial charge is 0.323 e. The van der Waals surface area contributed by atoms with Gasteiger partial charge >= 0.3 is 5.97 Å². The number of Topliss-reactive ketones (excluding diaryl/α,β-unsaturated/α-hetero) is 1. The molecule has 1 aliphatic rings. The van der Waals surface area contributed by atoms with E-state index in [4.69, 9.17) is 16.7 Å². The van der Waals surface area contributed by atoms with E-state index in [9.17, 15) is 29.6 Å². The van der Waals surface area contributed by atoms with Gasteiger partial charge in [0.25, 0.3) is 17.4 Å². The van der Waals surface area contributed by atoms with Gasteiger partial charge < -0.3 is 15.1 Å². The number of nitro benzene ring substituents is 1. The normalized spacial score (nSPS) is 18.1. The number of carbonyl (C=O) groups excluding carboxylic acids is 2. The fourth-order valence-electron chi connectivity index (χ4n) is 3.08. The summed E-state index contributed by atoms with van der Waals surface area (Å²) in [6.45, 7) is -0.755. The number of nitro groups is 1. The average Bonchev–Trinajstić information content (AvgIpc) is 2.92. The summed E-state index contributed by atoms with van der Waals surface area (Å²) in [6.07, 6.45) is 0. The Morgan fingerprint density at radius 2 is 1.66 bits per heavy atom. The van der Waals surface area contributed by atoms with E-state index < -0.39 is 40.9 Å². The van der Waals surface area contributed by atoms with Crippen LogP contribution in [0.5, 0.6) is 0 Å². The van der Waals surface area contributed by atoms with Gasteiger partial charge in [0.15, 0.2) is 0 Å². The zero-order valence-electron chi connectivity index (χ0n) is 14.6. The molecule has 9 nitrogen and oxygen atoms in total. The third-order valence-corrected chi connectivity index (χ3v) is 4.63. The molecule has 0 aliphatic carbocycles. The number of rotatable bonds is 5. The number of carbonyl (C=O) groups is 3. The second-order valence-electron chi connectivity index (χ2n) is 6.18. The molecule has 0 radical (unpaired) electrons. The molecule has 2 aromatic carbocycles. The number of hydrogen-bond acceptors (Lipinski definition) is 6. The van der Waals surface area contributed by atoms with Crippen molar-refractivity contribution in [2.24, 2.45) is 0 Å². The lowest BCUT2D eigenvalue weighted by Crippen LogP contribution is -2.34. The van der Waals surface area contributed by atoms with Gasteiger partial charge in [-0.05, 0) is 29.8 Å². The highest BCUT2D eigenvalue weighted by Gasteiger charge is 2.46. The number of likely N-dealkylation sites (tertiary alicyclic amines) is 1. The molecule has 2 N–H and O–H groups in total. The summed E-state index contributed by atoms with van der Waals surface area (Å²) in [6, 6.07) is 9.62. The van der Waals surface area contributed by atoms with Gasteiger partial charge in [-0.2, -0.15) is 0 Å². The van der Waals surface area contributed by atoms with E-state index in [0.29, 0.717) is 10.6 Å². The Morgan fingerprint density at radius 3 is 2.17 bits per heavy atom. The van der Waals surface area contributed by atoms with Gasteiger partial charge in [0.05, 0.1) is 16.5 Å². The molecular formula is C19H13ClN2O7. The van der Waals surface area contributed by atoms with Crippen LogP contribution in [0.2, 0.25) is 5.02 Å². The van der Waals surface area contributed by atoms with Crippen molar-refractivity contribution >= 4 is 40.7 Å². The number of ketones is 1. The third kappa shape index (κ3) is 3.81. The molecule has 1 fully saturated rings. The molecule has 1 atom stereocenters. The Balaban J connectivity index is 2.16. The molecule has 1 aliphatic heterocycles. The standard InChI is InChI=1S/C19H13ClN2O7/c20-12-5-1-10(2-6-12)16-15(18(26)19(27)21(16)9-14(23)24)17(25)11-3-7-13(8-4-11)22(28)29/h1-8,16,25H,9H2,(H,23,24). The van der Waals surface area contributed by atoms with Crippen molar-refractivity contribution < 1.29 is 29.5 Å². The first-order chi connectivity index (χ1) is 13.7. The molecule has 0 saturated carbocycles. The lowest BCUT2D eigenvalue weighted by Gasteiger charge is -2.23. The summed E-state index contributed by atoms with van der Waals surface area (Å²) < 4.78 is 0. The zero-order valence-corrected chi connectivity index (χ0v) is 15.4. The van der Waals surface area contributed by atoms with Gasteiger partial charge in [0.2, 0.25) is 0 Å². The average molecular weight is 417 g/mol. The van der Waals surface area contributed by atoms with Crippen LogP contribution in [-0.2, 0) is 14.4 Å². The maximum absolute atomic E-state index is 12.6. The van der Waals surface area contributed by atoms with Gasteiger partial charge in [0.1, 0.15) is 12.3 Å². The van der Waals surface area contributed by atoms with E-state index in [1.165, 1.54) is 36.4 Å². The van der Waals surface area contributed by atoms with Crippen molar-refractivity contribution in [3.63, 3.8) is 0 Å². The first-order valence-electron chi connectivity index (χ1n) is 8.21. The SMILES string of the molecule is O=C(O)CN1C(=O)C(=O)C(=C(O)c2ccc([N+](=O)[O-])cc2)C1c1ccc(Cl)cc1. The number of aliphatic hydroxyl groups is 1. The molecule has 0 aromatic heterocycles. The number of non-ortho nitro benzene ring substituents is 1. The van der Waals surface area contributed by atoms with Gasteiger partial charge in [-0.25, -0.2) is 0 Å². The van der Waals surface area contributed by atoms with Crippen LogP contribution in [-0.4, -0.2) is 44.2 Å². The van der Waals surface area contributed by atoms with E-state index in [-0.39, 0.29) is 16.8 Å². The molecule has 1 heterocycles. The molecule has 3 rings (SSSR count). The highest BCUT2D eigenvalue weighted by molar-refractivity contribution is 6.46. The summed E-state index contributed by atoms with van der Waals surface area (Å²) in [5, 5.41) is 31.0. The summed E-state index contributed by atoms with van der Waals surface area (Å²) in [4.78, 5) is 47.3. The Hall–Kier alpha value is -3.72. The molecule has 1 amide bonds. The minimum absolute atomic E-state index is 0.0721. The van der Waals surface area contributed by atoms with E-state index in [1.54, 1.807) is 0 Å². The van der Waals surface area contributed by atoms with Crippen molar-refractivity contribution in [2.45, 2.75) is 6.04 Å². The quantitative estimate of drug-likeness (QED) is 0.251.